The number of β-lactam (4-membered cyclic amide) rings is 1. The first-order valence-corrected chi connectivity index (χ1v) is 7.87. The summed E-state index contributed by atoms with van der Waals surface area (Å²) in [4.78, 5) is 51.8. The van der Waals surface area contributed by atoms with Gasteiger partial charge in [-0.1, -0.05) is 30.3 Å². The average Bonchev–Trinajstić information content (AvgIpc) is 2.87. The lowest BCUT2D eigenvalue weighted by atomic mass is 9.92. The van der Waals surface area contributed by atoms with Crippen LogP contribution in [0.25, 0.3) is 0 Å². The zero-order chi connectivity index (χ0) is 17.7. The Labute approximate surface area is 143 Å². The molecule has 0 aromatic heterocycles. The first-order valence-electron chi connectivity index (χ1n) is 7.87. The third-order valence-corrected chi connectivity index (χ3v) is 4.73. The number of nitrogens with zero attached hydrogens (tertiary/aromatic N) is 2. The van der Waals surface area contributed by atoms with Gasteiger partial charge >= 0.3 is 0 Å². The molecule has 124 valence electrons. The van der Waals surface area contributed by atoms with Gasteiger partial charge in [-0.3, -0.25) is 24.2 Å². The molecule has 0 aliphatic carbocycles. The summed E-state index contributed by atoms with van der Waals surface area (Å²) >= 11 is 0. The van der Waals surface area contributed by atoms with E-state index in [9.17, 15) is 19.2 Å². The average molecular weight is 334 g/mol. The standard InChI is InChI=1S/C19H14N2O4/c1-11-6-2-5-9-14(11)20-15(10-22)16(19(20)25)21-17(23)12-7-3-4-8-13(12)18(21)24/h2-10,15-16H,1H3/t15-,16-/m0/s1. The summed E-state index contributed by atoms with van der Waals surface area (Å²) in [5, 5.41) is 0. The van der Waals surface area contributed by atoms with Gasteiger partial charge in [0.05, 0.1) is 11.1 Å². The van der Waals surface area contributed by atoms with Gasteiger partial charge in [0, 0.05) is 5.69 Å². The maximum absolute atomic E-state index is 12.7. The zero-order valence-corrected chi connectivity index (χ0v) is 13.4. The molecule has 2 heterocycles. The lowest BCUT2D eigenvalue weighted by Crippen LogP contribution is -2.72. The van der Waals surface area contributed by atoms with E-state index in [-0.39, 0.29) is 11.1 Å². The van der Waals surface area contributed by atoms with Crippen molar-refractivity contribution >= 4 is 29.7 Å². The molecule has 1 saturated heterocycles. The van der Waals surface area contributed by atoms with Crippen molar-refractivity contribution in [1.82, 2.24) is 4.90 Å². The minimum Gasteiger partial charge on any atom is -0.301 e. The number of imide groups is 1. The lowest BCUT2D eigenvalue weighted by Gasteiger charge is -2.47. The highest BCUT2D eigenvalue weighted by Crippen LogP contribution is 2.36. The predicted octanol–water partition coefficient (Wildman–Crippen LogP) is 1.57. The van der Waals surface area contributed by atoms with E-state index in [1.54, 1.807) is 36.4 Å². The van der Waals surface area contributed by atoms with E-state index in [4.69, 9.17) is 0 Å². The molecule has 4 rings (SSSR count). The minimum absolute atomic E-state index is 0.263. The Morgan fingerprint density at radius 2 is 1.40 bits per heavy atom. The number of carbonyl (C=O) groups excluding carboxylic acids is 4. The Hall–Kier alpha value is -3.28. The van der Waals surface area contributed by atoms with E-state index in [1.807, 2.05) is 19.1 Å². The molecule has 0 spiro atoms. The molecule has 6 nitrogen and oxygen atoms in total. The summed E-state index contributed by atoms with van der Waals surface area (Å²) in [6, 6.07) is 11.6. The second kappa shape index (κ2) is 5.37. The van der Waals surface area contributed by atoms with Crippen LogP contribution in [0.4, 0.5) is 5.69 Å². The normalized spacial score (nSPS) is 22.0. The van der Waals surface area contributed by atoms with Crippen LogP contribution in [0.3, 0.4) is 0 Å². The van der Waals surface area contributed by atoms with Crippen LogP contribution in [0.2, 0.25) is 0 Å². The SMILES string of the molecule is Cc1ccccc1N1C(=O)[C@@H](N2C(=O)c3ccccc3C2=O)[C@@H]1C=O. The van der Waals surface area contributed by atoms with Gasteiger partial charge in [-0.25, -0.2) is 0 Å². The largest absolute Gasteiger partial charge is 0.301 e. The van der Waals surface area contributed by atoms with Crippen LogP contribution in [-0.2, 0) is 9.59 Å². The van der Waals surface area contributed by atoms with Gasteiger partial charge in [-0.05, 0) is 30.7 Å². The molecule has 1 fully saturated rings. The number of hydrogen-bond donors (Lipinski definition) is 0. The molecule has 0 saturated carbocycles. The zero-order valence-electron chi connectivity index (χ0n) is 13.4. The van der Waals surface area contributed by atoms with Crippen molar-refractivity contribution in [2.75, 3.05) is 4.90 Å². The molecule has 2 aliphatic heterocycles. The van der Waals surface area contributed by atoms with Crippen LogP contribution in [0.15, 0.2) is 48.5 Å². The van der Waals surface area contributed by atoms with E-state index in [2.05, 4.69) is 0 Å². The quantitative estimate of drug-likeness (QED) is 0.485. The van der Waals surface area contributed by atoms with Gasteiger partial charge in [0.25, 0.3) is 17.7 Å². The maximum Gasteiger partial charge on any atom is 0.262 e. The van der Waals surface area contributed by atoms with Gasteiger partial charge in [0.2, 0.25) is 0 Å². The van der Waals surface area contributed by atoms with Crippen molar-refractivity contribution in [3.63, 3.8) is 0 Å². The molecule has 0 N–H and O–H groups in total. The molecular formula is C19H14N2O4. The summed E-state index contributed by atoms with van der Waals surface area (Å²) in [5.41, 5.74) is 1.97. The van der Waals surface area contributed by atoms with E-state index in [0.29, 0.717) is 12.0 Å². The number of hydrogen-bond acceptors (Lipinski definition) is 4. The molecule has 0 radical (unpaired) electrons. The molecule has 2 atom stereocenters. The van der Waals surface area contributed by atoms with Gasteiger partial charge < -0.3 is 4.79 Å². The summed E-state index contributed by atoms with van der Waals surface area (Å²) in [6.45, 7) is 1.83. The topological polar surface area (TPSA) is 74.8 Å². The van der Waals surface area contributed by atoms with Crippen molar-refractivity contribution < 1.29 is 19.2 Å². The van der Waals surface area contributed by atoms with Crippen molar-refractivity contribution in [2.45, 2.75) is 19.0 Å². The van der Waals surface area contributed by atoms with E-state index < -0.39 is 29.8 Å². The van der Waals surface area contributed by atoms with Crippen LogP contribution < -0.4 is 4.90 Å². The molecule has 3 amide bonds. The Kier molecular flexibility index (Phi) is 3.28. The van der Waals surface area contributed by atoms with E-state index in [1.165, 1.54) is 4.90 Å². The maximum atomic E-state index is 12.7. The van der Waals surface area contributed by atoms with Crippen LogP contribution in [0.5, 0.6) is 0 Å². The number of benzene rings is 2. The highest BCUT2D eigenvalue weighted by Gasteiger charge is 2.57. The number of amides is 3. The van der Waals surface area contributed by atoms with Crippen molar-refractivity contribution in [2.24, 2.45) is 0 Å². The van der Waals surface area contributed by atoms with Crippen LogP contribution in [-0.4, -0.2) is 41.0 Å². The molecular weight excluding hydrogens is 320 g/mol. The van der Waals surface area contributed by atoms with Crippen LogP contribution in [0.1, 0.15) is 26.3 Å². The van der Waals surface area contributed by atoms with Crippen LogP contribution >= 0.6 is 0 Å². The van der Waals surface area contributed by atoms with E-state index in [0.717, 1.165) is 10.5 Å². The summed E-state index contributed by atoms with van der Waals surface area (Å²) in [5.74, 6) is -1.49. The van der Waals surface area contributed by atoms with Crippen molar-refractivity contribution in [3.8, 4) is 0 Å². The van der Waals surface area contributed by atoms with Gasteiger partial charge in [-0.15, -0.1) is 0 Å². The van der Waals surface area contributed by atoms with Crippen molar-refractivity contribution in [1.29, 1.82) is 0 Å². The highest BCUT2D eigenvalue weighted by molar-refractivity contribution is 6.25. The molecule has 2 aliphatic rings. The fraction of sp³-hybridized carbons (Fsp3) is 0.158. The lowest BCUT2D eigenvalue weighted by molar-refractivity contribution is -0.133. The number of carbonyl (C=O) groups is 4. The molecule has 2 aromatic rings. The third-order valence-electron chi connectivity index (χ3n) is 4.73. The molecule has 6 heteroatoms. The number of rotatable bonds is 3. The Morgan fingerprint density at radius 1 is 0.840 bits per heavy atom. The number of para-hydroxylation sites is 1. The van der Waals surface area contributed by atoms with Gasteiger partial charge in [0.15, 0.2) is 0 Å². The van der Waals surface area contributed by atoms with E-state index >= 15 is 0 Å². The Bertz CT molecular complexity index is 902. The first kappa shape index (κ1) is 15.3. The molecule has 0 bridgehead atoms. The fourth-order valence-corrected chi connectivity index (χ4v) is 3.47. The highest BCUT2D eigenvalue weighted by atomic mass is 16.2. The van der Waals surface area contributed by atoms with Gasteiger partial charge in [-0.2, -0.15) is 0 Å². The minimum atomic E-state index is -1.09. The number of anilines is 1. The Morgan fingerprint density at radius 3 is 1.96 bits per heavy atom. The first-order chi connectivity index (χ1) is 12.1. The predicted molar refractivity (Wildman–Crippen MR) is 89.2 cm³/mol. The smallest absolute Gasteiger partial charge is 0.262 e. The van der Waals surface area contributed by atoms with Gasteiger partial charge in [0.1, 0.15) is 18.4 Å². The summed E-state index contributed by atoms with van der Waals surface area (Å²) in [7, 11) is 0. The van der Waals surface area contributed by atoms with Crippen LogP contribution in [0, 0.1) is 6.92 Å². The number of fused-ring (bicyclic) bond motifs is 1. The second-order valence-electron chi connectivity index (χ2n) is 6.09. The molecule has 25 heavy (non-hydrogen) atoms. The summed E-state index contributed by atoms with van der Waals surface area (Å²) < 4.78 is 0. The van der Waals surface area contributed by atoms with Crippen molar-refractivity contribution in [3.05, 3.63) is 65.2 Å². The number of aldehydes is 1. The Balaban J connectivity index is 1.71. The monoisotopic (exact) mass is 334 g/mol. The third kappa shape index (κ3) is 1.97. The summed E-state index contributed by atoms with van der Waals surface area (Å²) in [6.07, 6.45) is 0.613. The second-order valence-corrected chi connectivity index (χ2v) is 6.09. The molecule has 2 aromatic carbocycles. The number of aryl methyl sites for hydroxylation is 1. The molecule has 0 unspecified atom stereocenters. The fourth-order valence-electron chi connectivity index (χ4n) is 3.47.